The maximum absolute atomic E-state index is 13.9. The zero-order valence-electron chi connectivity index (χ0n) is 39.7. The molecule has 4 aromatic carbocycles. The number of nitrogens with one attached hydrogen (secondary N) is 2. The van der Waals surface area contributed by atoms with Gasteiger partial charge in [-0.1, -0.05) is 60.7 Å². The molecule has 3 heterocycles. The number of rotatable bonds is 16. The van der Waals surface area contributed by atoms with Crippen LogP contribution in [0.3, 0.4) is 0 Å². The molecule has 14 heteroatoms. The summed E-state index contributed by atoms with van der Waals surface area (Å²) in [4.78, 5) is 62.7. The van der Waals surface area contributed by atoms with E-state index in [-0.39, 0.29) is 60.8 Å². The van der Waals surface area contributed by atoms with Crippen molar-refractivity contribution < 1.29 is 42.5 Å². The van der Waals surface area contributed by atoms with Crippen LogP contribution in [0.1, 0.15) is 90.6 Å². The Morgan fingerprint density at radius 1 is 0.612 bits per heavy atom. The number of aromatic nitrogens is 1. The molecule has 0 radical (unpaired) electrons. The van der Waals surface area contributed by atoms with E-state index in [4.69, 9.17) is 23.4 Å². The predicted molar refractivity (Wildman–Crippen MR) is 256 cm³/mol. The summed E-state index contributed by atoms with van der Waals surface area (Å²) in [5.41, 5.74) is 3.33. The third-order valence-corrected chi connectivity index (χ3v) is 11.7. The molecule has 5 aromatic rings. The van der Waals surface area contributed by atoms with Gasteiger partial charge in [-0.15, -0.1) is 0 Å². The normalized spacial score (nSPS) is 19.5. The second-order valence-corrected chi connectivity index (χ2v) is 19.2. The van der Waals surface area contributed by atoms with Crippen molar-refractivity contribution in [2.24, 2.45) is 0 Å². The number of anilines is 2. The number of carbonyl (C=O) groups excluding carboxylic acids is 4. The Kier molecular flexibility index (Phi) is 15.4. The van der Waals surface area contributed by atoms with Gasteiger partial charge in [-0.3, -0.25) is 19.2 Å². The van der Waals surface area contributed by atoms with Crippen molar-refractivity contribution in [1.29, 1.82) is 0 Å². The van der Waals surface area contributed by atoms with Gasteiger partial charge in [0.1, 0.15) is 0 Å². The van der Waals surface area contributed by atoms with E-state index in [0.29, 0.717) is 54.5 Å². The van der Waals surface area contributed by atoms with E-state index < -0.39 is 23.4 Å². The van der Waals surface area contributed by atoms with Gasteiger partial charge in [0.15, 0.2) is 18.0 Å². The molecule has 4 amide bonds. The molecule has 0 aliphatic carbocycles. The number of methoxy groups -OCH3 is 2. The van der Waals surface area contributed by atoms with Gasteiger partial charge < -0.3 is 43.8 Å². The van der Waals surface area contributed by atoms with Crippen LogP contribution in [-0.4, -0.2) is 101 Å². The lowest BCUT2D eigenvalue weighted by atomic mass is 10.1. The largest absolute Gasteiger partial charge is 0.436 e. The van der Waals surface area contributed by atoms with Crippen molar-refractivity contribution in [1.82, 2.24) is 14.8 Å². The first-order chi connectivity index (χ1) is 32.0. The van der Waals surface area contributed by atoms with Crippen molar-refractivity contribution in [3.05, 3.63) is 127 Å². The van der Waals surface area contributed by atoms with Gasteiger partial charge in [-0.2, -0.15) is 0 Å². The van der Waals surface area contributed by atoms with E-state index in [0.717, 1.165) is 16.7 Å². The fourth-order valence-electron chi connectivity index (χ4n) is 8.97. The number of ether oxygens (including phenoxy) is 4. The minimum absolute atomic E-state index is 0.0897. The summed E-state index contributed by atoms with van der Waals surface area (Å²) >= 11 is 0. The highest BCUT2D eigenvalue weighted by Gasteiger charge is 2.43. The van der Waals surface area contributed by atoms with Gasteiger partial charge in [0.25, 0.3) is 11.8 Å². The second kappa shape index (κ2) is 21.2. The maximum Gasteiger partial charge on any atom is 0.256 e. The number of hydrogen-bond donors (Lipinski definition) is 2. The smallest absolute Gasteiger partial charge is 0.256 e. The van der Waals surface area contributed by atoms with Crippen LogP contribution in [0, 0.1) is 0 Å². The lowest BCUT2D eigenvalue weighted by Gasteiger charge is -2.28. The molecule has 1 aromatic heterocycles. The van der Waals surface area contributed by atoms with E-state index >= 15 is 0 Å². The van der Waals surface area contributed by atoms with Crippen LogP contribution >= 0.6 is 0 Å². The average Bonchev–Trinajstić information content (AvgIpc) is 4.03. The Balaban J connectivity index is 0.945. The number of nitrogens with zero attached hydrogens (tertiary/aromatic N) is 3. The molecule has 67 heavy (non-hydrogen) atoms. The zero-order valence-corrected chi connectivity index (χ0v) is 39.7. The molecule has 0 spiro atoms. The minimum Gasteiger partial charge on any atom is -0.436 e. The molecular formula is C53H63N5O9. The van der Waals surface area contributed by atoms with E-state index in [9.17, 15) is 19.2 Å². The molecule has 7 rings (SSSR count). The fraction of sp³-hybridized carbons (Fsp3) is 0.415. The average molecular weight is 914 g/mol. The highest BCUT2D eigenvalue weighted by Crippen LogP contribution is 2.34. The number of carbonyl (C=O) groups is 4. The molecule has 6 atom stereocenters. The third kappa shape index (κ3) is 12.8. The van der Waals surface area contributed by atoms with Gasteiger partial charge >= 0.3 is 0 Å². The summed E-state index contributed by atoms with van der Waals surface area (Å²) in [7, 11) is 3.03. The predicted octanol–water partition coefficient (Wildman–Crippen LogP) is 9.01. The summed E-state index contributed by atoms with van der Waals surface area (Å²) in [5, 5.41) is 5.98. The van der Waals surface area contributed by atoms with E-state index in [1.165, 1.54) is 14.2 Å². The number of amides is 4. The van der Waals surface area contributed by atoms with E-state index in [1.54, 1.807) is 40.3 Å². The van der Waals surface area contributed by atoms with Crippen LogP contribution in [0.15, 0.2) is 120 Å². The van der Waals surface area contributed by atoms with Gasteiger partial charge in [0.05, 0.1) is 29.6 Å². The molecule has 2 aliphatic heterocycles. The van der Waals surface area contributed by atoms with Crippen LogP contribution < -0.4 is 10.6 Å². The Morgan fingerprint density at radius 2 is 1.01 bits per heavy atom. The molecular weight excluding hydrogens is 851 g/mol. The third-order valence-electron chi connectivity index (χ3n) is 11.7. The summed E-state index contributed by atoms with van der Waals surface area (Å²) in [6.45, 7) is 12.6. The van der Waals surface area contributed by atoms with Crippen molar-refractivity contribution in [2.45, 2.75) is 115 Å². The van der Waals surface area contributed by atoms with Gasteiger partial charge in [-0.05, 0) is 114 Å². The molecule has 2 unspecified atom stereocenters. The van der Waals surface area contributed by atoms with Crippen molar-refractivity contribution in [3.8, 4) is 22.8 Å². The number of oxazole rings is 1. The Bertz CT molecular complexity index is 2280. The molecule has 2 saturated heterocycles. The Labute approximate surface area is 393 Å². The summed E-state index contributed by atoms with van der Waals surface area (Å²) < 4.78 is 30.0. The standard InChI is InChI=1S/C53H63N5O9/c1-52(2,3)66-42-27-40(57(32-42)50(61)47(63-7)35-15-11-9-12-16-35)29-45(59)55-38-23-19-34(20-24-38)44-31-54-49(65-44)37-21-25-39(26-22-37)56-46(60)30-41-28-43(67-53(4,5)6)33-58(41)51(62)48(64-8)36-17-13-10-14-18-36/h9-26,31,40-43,47-48H,27-30,32-33H2,1-8H3,(H,55,59)(H,56,60)/t40-,41-,42+,43+,47?,48?/m0/s1. The maximum atomic E-state index is 13.9. The van der Waals surface area contributed by atoms with Crippen LogP contribution in [0.2, 0.25) is 0 Å². The zero-order chi connectivity index (χ0) is 47.9. The van der Waals surface area contributed by atoms with Gasteiger partial charge in [-0.25, -0.2) is 4.98 Å². The van der Waals surface area contributed by atoms with Crippen molar-refractivity contribution in [3.63, 3.8) is 0 Å². The fourth-order valence-corrected chi connectivity index (χ4v) is 8.97. The Hall–Kier alpha value is -6.19. The van der Waals surface area contributed by atoms with Crippen LogP contribution in [0.5, 0.6) is 0 Å². The van der Waals surface area contributed by atoms with Crippen LogP contribution in [0.4, 0.5) is 11.4 Å². The highest BCUT2D eigenvalue weighted by molar-refractivity contribution is 5.93. The summed E-state index contributed by atoms with van der Waals surface area (Å²) in [6, 6.07) is 32.4. The first-order valence-electron chi connectivity index (χ1n) is 22.9. The molecule has 2 N–H and O–H groups in total. The highest BCUT2D eigenvalue weighted by atomic mass is 16.5. The van der Waals surface area contributed by atoms with Gasteiger partial charge in [0.2, 0.25) is 17.7 Å². The SMILES string of the molecule is COC(C(=O)N1C[C@H](OC(C)(C)C)C[C@H]1CC(=O)Nc1ccc(-c2cnc(-c3ccc(NC(=O)C[C@@H]4C[C@@H](OC(C)(C)C)CN4C(=O)C(OC)c4ccccc4)cc3)o2)cc1)c1ccccc1. The van der Waals surface area contributed by atoms with E-state index in [1.807, 2.05) is 126 Å². The van der Waals surface area contributed by atoms with Crippen LogP contribution in [-0.2, 0) is 38.1 Å². The molecule has 2 fully saturated rings. The molecule has 14 nitrogen and oxygen atoms in total. The monoisotopic (exact) mass is 913 g/mol. The second-order valence-electron chi connectivity index (χ2n) is 19.2. The number of likely N-dealkylation sites (tertiary alicyclic amines) is 2. The first-order valence-corrected chi connectivity index (χ1v) is 22.9. The molecule has 2 aliphatic rings. The van der Waals surface area contributed by atoms with E-state index in [2.05, 4.69) is 15.6 Å². The lowest BCUT2D eigenvalue weighted by Crippen LogP contribution is -2.41. The molecule has 0 saturated carbocycles. The van der Waals surface area contributed by atoms with Crippen LogP contribution in [0.25, 0.3) is 22.8 Å². The summed E-state index contributed by atoms with van der Waals surface area (Å²) in [6.07, 6.45) is 0.819. The Morgan fingerprint density at radius 3 is 1.40 bits per heavy atom. The topological polar surface area (TPSA) is 162 Å². The lowest BCUT2D eigenvalue weighted by molar-refractivity contribution is -0.145. The number of benzene rings is 4. The van der Waals surface area contributed by atoms with Crippen molar-refractivity contribution in [2.75, 3.05) is 37.9 Å². The minimum atomic E-state index is -0.797. The summed E-state index contributed by atoms with van der Waals surface area (Å²) in [5.74, 6) is 0.0676. The molecule has 0 bridgehead atoms. The molecule has 354 valence electrons. The quantitative estimate of drug-likeness (QED) is 0.0978. The van der Waals surface area contributed by atoms with Crippen molar-refractivity contribution >= 4 is 35.0 Å². The van der Waals surface area contributed by atoms with Gasteiger partial charge in [0, 0.05) is 74.7 Å². The number of hydrogen-bond acceptors (Lipinski definition) is 10. The first kappa shape index (κ1) is 48.7.